The lowest BCUT2D eigenvalue weighted by molar-refractivity contribution is -0.136. The monoisotopic (exact) mass is 461 g/mol. The van der Waals surface area contributed by atoms with Gasteiger partial charge in [-0.25, -0.2) is 0 Å². The molecule has 9 heteroatoms. The first-order valence-corrected chi connectivity index (χ1v) is 11.6. The SMILES string of the molecule is C=C1c2ccc(OC[C@@H]3CCCCN3C(=O)c3ccnnc3)cc2CN1C1CCC(=O)NC1=O. The minimum atomic E-state index is -0.397. The summed E-state index contributed by atoms with van der Waals surface area (Å²) in [5.74, 6) is 0.177. The molecule has 1 N–H and O–H groups in total. The quantitative estimate of drug-likeness (QED) is 0.680. The third kappa shape index (κ3) is 4.25. The van der Waals surface area contributed by atoms with Gasteiger partial charge in [0.25, 0.3) is 5.91 Å². The van der Waals surface area contributed by atoms with Crippen molar-refractivity contribution in [2.75, 3.05) is 13.2 Å². The molecule has 0 radical (unpaired) electrons. The summed E-state index contributed by atoms with van der Waals surface area (Å²) >= 11 is 0. The van der Waals surface area contributed by atoms with Gasteiger partial charge in [-0.1, -0.05) is 6.58 Å². The number of benzene rings is 1. The fraction of sp³-hybridized carbons (Fsp3) is 0.400. The molecule has 0 saturated carbocycles. The summed E-state index contributed by atoms with van der Waals surface area (Å²) in [6, 6.07) is 7.12. The van der Waals surface area contributed by atoms with Gasteiger partial charge in [-0.2, -0.15) is 10.2 Å². The van der Waals surface area contributed by atoms with Crippen molar-refractivity contribution in [3.05, 3.63) is 59.9 Å². The molecular weight excluding hydrogens is 434 g/mol. The Balaban J connectivity index is 1.25. The molecule has 1 unspecified atom stereocenters. The van der Waals surface area contributed by atoms with Gasteiger partial charge >= 0.3 is 0 Å². The molecule has 5 rings (SSSR count). The number of nitrogens with zero attached hydrogens (tertiary/aromatic N) is 4. The van der Waals surface area contributed by atoms with Gasteiger partial charge in [0.1, 0.15) is 18.4 Å². The molecule has 1 aromatic heterocycles. The Morgan fingerprint density at radius 2 is 2.06 bits per heavy atom. The molecule has 0 bridgehead atoms. The first kappa shape index (κ1) is 22.1. The van der Waals surface area contributed by atoms with E-state index in [2.05, 4.69) is 22.1 Å². The summed E-state index contributed by atoms with van der Waals surface area (Å²) in [6.07, 6.45) is 6.75. The lowest BCUT2D eigenvalue weighted by atomic mass is 10.0. The van der Waals surface area contributed by atoms with Crippen molar-refractivity contribution in [3.63, 3.8) is 0 Å². The van der Waals surface area contributed by atoms with Gasteiger partial charge in [-0.15, -0.1) is 0 Å². The van der Waals surface area contributed by atoms with Crippen LogP contribution in [0.4, 0.5) is 0 Å². The third-order valence-corrected chi connectivity index (χ3v) is 6.82. The number of aromatic nitrogens is 2. The molecule has 2 aromatic rings. The first-order chi connectivity index (χ1) is 16.5. The van der Waals surface area contributed by atoms with Crippen LogP contribution >= 0.6 is 0 Å². The van der Waals surface area contributed by atoms with Crippen LogP contribution in [0.2, 0.25) is 0 Å². The van der Waals surface area contributed by atoms with E-state index in [1.807, 2.05) is 28.0 Å². The lowest BCUT2D eigenvalue weighted by Gasteiger charge is -2.35. The van der Waals surface area contributed by atoms with E-state index in [1.54, 1.807) is 6.07 Å². The number of hydrogen-bond acceptors (Lipinski definition) is 7. The molecule has 4 heterocycles. The average Bonchev–Trinajstić information content (AvgIpc) is 3.18. The molecule has 34 heavy (non-hydrogen) atoms. The number of hydrogen-bond donors (Lipinski definition) is 1. The highest BCUT2D eigenvalue weighted by atomic mass is 16.5. The van der Waals surface area contributed by atoms with E-state index in [-0.39, 0.29) is 23.8 Å². The van der Waals surface area contributed by atoms with Crippen LogP contribution in [0, 0.1) is 0 Å². The van der Waals surface area contributed by atoms with Crippen LogP contribution in [-0.4, -0.2) is 63.0 Å². The standard InChI is InChI=1S/C25H27N5O4/c1-16-21-6-5-20(12-18(21)14-30(16)22-7-8-23(31)28-24(22)32)34-15-19-4-2-3-11-29(19)25(33)17-9-10-26-27-13-17/h5-6,9-10,12-13,19,22H,1-4,7-8,11,14-15H2,(H,28,31,32)/t19-,22?/m0/s1. The summed E-state index contributed by atoms with van der Waals surface area (Å²) in [4.78, 5) is 40.7. The number of carbonyl (C=O) groups is 3. The van der Waals surface area contributed by atoms with E-state index in [0.29, 0.717) is 38.1 Å². The predicted molar refractivity (Wildman–Crippen MR) is 123 cm³/mol. The molecule has 3 amide bonds. The highest BCUT2D eigenvalue weighted by Gasteiger charge is 2.36. The van der Waals surface area contributed by atoms with Crippen LogP contribution in [0.1, 0.15) is 53.6 Å². The maximum Gasteiger partial charge on any atom is 0.255 e. The fourth-order valence-electron chi connectivity index (χ4n) is 5.00. The van der Waals surface area contributed by atoms with Gasteiger partial charge in [0.2, 0.25) is 11.8 Å². The summed E-state index contributed by atoms with van der Waals surface area (Å²) in [6.45, 7) is 5.82. The predicted octanol–water partition coefficient (Wildman–Crippen LogP) is 2.14. The first-order valence-electron chi connectivity index (χ1n) is 11.6. The van der Waals surface area contributed by atoms with Gasteiger partial charge < -0.3 is 14.5 Å². The van der Waals surface area contributed by atoms with E-state index >= 15 is 0 Å². The number of imide groups is 1. The minimum absolute atomic E-state index is 0.0161. The van der Waals surface area contributed by atoms with Crippen molar-refractivity contribution in [1.29, 1.82) is 0 Å². The molecule has 0 spiro atoms. The number of carbonyl (C=O) groups excluding carboxylic acids is 3. The topological polar surface area (TPSA) is 105 Å². The largest absolute Gasteiger partial charge is 0.491 e. The molecule has 3 aliphatic rings. The van der Waals surface area contributed by atoms with E-state index in [4.69, 9.17) is 4.74 Å². The van der Waals surface area contributed by atoms with Crippen molar-refractivity contribution < 1.29 is 19.1 Å². The Morgan fingerprint density at radius 3 is 2.85 bits per heavy atom. The zero-order chi connectivity index (χ0) is 23.7. The van der Waals surface area contributed by atoms with Crippen molar-refractivity contribution in [2.24, 2.45) is 0 Å². The highest BCUT2D eigenvalue weighted by Crippen LogP contribution is 2.37. The molecule has 2 saturated heterocycles. The molecule has 3 aliphatic heterocycles. The maximum atomic E-state index is 13.0. The van der Waals surface area contributed by atoms with Crippen LogP contribution in [0.15, 0.2) is 43.2 Å². The highest BCUT2D eigenvalue weighted by molar-refractivity contribution is 6.01. The van der Waals surface area contributed by atoms with Crippen molar-refractivity contribution in [2.45, 2.75) is 50.7 Å². The van der Waals surface area contributed by atoms with Gasteiger partial charge in [-0.3, -0.25) is 19.7 Å². The van der Waals surface area contributed by atoms with Crippen LogP contribution in [0.5, 0.6) is 5.75 Å². The number of fused-ring (bicyclic) bond motifs is 1. The summed E-state index contributed by atoms with van der Waals surface area (Å²) in [7, 11) is 0. The minimum Gasteiger partial charge on any atom is -0.491 e. The zero-order valence-electron chi connectivity index (χ0n) is 18.9. The Bertz CT molecular complexity index is 1140. The Labute approximate surface area is 197 Å². The van der Waals surface area contributed by atoms with Gasteiger partial charge in [0, 0.05) is 30.8 Å². The Kier molecular flexibility index (Phi) is 6.00. The Hall–Kier alpha value is -3.75. The number of rotatable bonds is 5. The normalized spacial score (nSPS) is 22.4. The van der Waals surface area contributed by atoms with Crippen LogP contribution < -0.4 is 10.1 Å². The van der Waals surface area contributed by atoms with E-state index in [1.165, 1.54) is 12.4 Å². The maximum absolute atomic E-state index is 13.0. The smallest absolute Gasteiger partial charge is 0.255 e. The van der Waals surface area contributed by atoms with Gasteiger partial charge in [0.15, 0.2) is 0 Å². The fourth-order valence-corrected chi connectivity index (χ4v) is 5.00. The number of amides is 3. The summed E-state index contributed by atoms with van der Waals surface area (Å²) in [5.41, 5.74) is 3.33. The summed E-state index contributed by atoms with van der Waals surface area (Å²) < 4.78 is 6.14. The van der Waals surface area contributed by atoms with Crippen molar-refractivity contribution in [3.8, 4) is 5.75 Å². The molecular formula is C25H27N5O4. The molecule has 1 aromatic carbocycles. The second-order valence-electron chi connectivity index (χ2n) is 8.95. The van der Waals surface area contributed by atoms with Crippen molar-refractivity contribution >= 4 is 23.4 Å². The van der Waals surface area contributed by atoms with Gasteiger partial charge in [0.05, 0.1) is 24.0 Å². The average molecular weight is 462 g/mol. The lowest BCUT2D eigenvalue weighted by Crippen LogP contribution is -2.50. The third-order valence-electron chi connectivity index (χ3n) is 6.82. The molecule has 2 atom stereocenters. The van der Waals surface area contributed by atoms with Crippen LogP contribution in [0.3, 0.4) is 0 Å². The molecule has 2 fully saturated rings. The molecule has 176 valence electrons. The number of likely N-dealkylation sites (tertiary alicyclic amines) is 1. The van der Waals surface area contributed by atoms with E-state index < -0.39 is 6.04 Å². The molecule has 0 aliphatic carbocycles. The second kappa shape index (κ2) is 9.24. The zero-order valence-corrected chi connectivity index (χ0v) is 18.9. The van der Waals surface area contributed by atoms with E-state index in [9.17, 15) is 14.4 Å². The van der Waals surface area contributed by atoms with Crippen molar-refractivity contribution in [1.82, 2.24) is 25.3 Å². The van der Waals surface area contributed by atoms with Crippen LogP contribution in [0.25, 0.3) is 5.70 Å². The van der Waals surface area contributed by atoms with Crippen LogP contribution in [-0.2, 0) is 16.1 Å². The Morgan fingerprint density at radius 1 is 1.18 bits per heavy atom. The summed E-state index contributed by atoms with van der Waals surface area (Å²) in [5, 5.41) is 10.00. The van der Waals surface area contributed by atoms with Gasteiger partial charge in [-0.05, 0) is 55.5 Å². The molecule has 9 nitrogen and oxygen atoms in total. The number of ether oxygens (including phenoxy) is 1. The second-order valence-corrected chi connectivity index (χ2v) is 8.95. The number of piperidine rings is 2. The number of nitrogens with one attached hydrogen (secondary N) is 1. The van der Waals surface area contributed by atoms with E-state index in [0.717, 1.165) is 41.8 Å².